The highest BCUT2D eigenvalue weighted by Crippen LogP contribution is 2.19. The van der Waals surface area contributed by atoms with Gasteiger partial charge in [-0.15, -0.1) is 12.7 Å². The lowest BCUT2D eigenvalue weighted by Gasteiger charge is -2.12. The second-order valence-electron chi connectivity index (χ2n) is 1.70. The van der Waals surface area contributed by atoms with Crippen molar-refractivity contribution in [2.75, 3.05) is 7.05 Å². The molecule has 1 aromatic rings. The Morgan fingerprint density at radius 1 is 1.44 bits per heavy atom. The maximum atomic E-state index is 5.66. The van der Waals surface area contributed by atoms with Crippen LogP contribution in [0.3, 0.4) is 0 Å². The van der Waals surface area contributed by atoms with Crippen LogP contribution in [0.25, 0.3) is 5.32 Å². The molecular weight excluding hydrogens is 134 g/mol. The highest BCUT2D eigenvalue weighted by Gasteiger charge is 1.80. The molecule has 0 aromatic heterocycles. The minimum absolute atomic E-state index is 0.734. The number of hydrogen-bond acceptors (Lipinski definition) is 0. The highest BCUT2D eigenvalue weighted by atomic mass is 35.5. The van der Waals surface area contributed by atoms with Gasteiger partial charge < -0.3 is 5.32 Å². The summed E-state index contributed by atoms with van der Waals surface area (Å²) in [5.41, 5.74) is 0.919. The number of rotatable bonds is 1. The predicted molar refractivity (Wildman–Crippen MR) is 40.4 cm³/mol. The van der Waals surface area contributed by atoms with Crippen molar-refractivity contribution in [3.8, 4) is 0 Å². The fraction of sp³-hybridized carbons (Fsp3) is 0.143. The molecule has 0 spiro atoms. The predicted octanol–water partition coefficient (Wildman–Crippen LogP) is 2.98. The normalized spacial score (nSPS) is 9.11. The molecule has 0 heterocycles. The third-order valence-electron chi connectivity index (χ3n) is 1.07. The van der Waals surface area contributed by atoms with Gasteiger partial charge in [-0.2, -0.15) is 0 Å². The monoisotopic (exact) mass is 140 g/mol. The molecule has 0 aliphatic carbocycles. The number of nitrogens with zero attached hydrogens (tertiary/aromatic N) is 1. The molecule has 0 bridgehead atoms. The Morgan fingerprint density at radius 2 is 2.22 bits per heavy atom. The minimum atomic E-state index is 0.734. The van der Waals surface area contributed by atoms with Crippen molar-refractivity contribution in [3.05, 3.63) is 34.6 Å². The van der Waals surface area contributed by atoms with E-state index >= 15 is 0 Å². The highest BCUT2D eigenvalue weighted by molar-refractivity contribution is 6.30. The molecule has 0 N–H and O–H groups in total. The van der Waals surface area contributed by atoms with Gasteiger partial charge >= 0.3 is 0 Å². The van der Waals surface area contributed by atoms with Gasteiger partial charge in [0.25, 0.3) is 0 Å². The van der Waals surface area contributed by atoms with Crippen LogP contribution in [0.15, 0.2) is 24.3 Å². The molecular formula is C7H7ClN-. The summed E-state index contributed by atoms with van der Waals surface area (Å²) in [4.78, 5) is 0. The molecule has 1 rings (SSSR count). The molecule has 0 unspecified atom stereocenters. The molecule has 0 radical (unpaired) electrons. The molecule has 0 atom stereocenters. The van der Waals surface area contributed by atoms with Crippen LogP contribution in [0.2, 0.25) is 5.02 Å². The standard InChI is InChI=1S/C7H7ClN/c1-9-7-4-2-3-6(8)5-7/h2-5H,1H3/q-1. The van der Waals surface area contributed by atoms with Gasteiger partial charge in [-0.3, -0.25) is 0 Å². The van der Waals surface area contributed by atoms with E-state index in [1.54, 1.807) is 7.05 Å². The van der Waals surface area contributed by atoms with Crippen molar-refractivity contribution < 1.29 is 0 Å². The van der Waals surface area contributed by atoms with Crippen LogP contribution in [-0.2, 0) is 0 Å². The molecule has 0 aliphatic heterocycles. The van der Waals surface area contributed by atoms with E-state index in [0.29, 0.717) is 0 Å². The summed E-state index contributed by atoms with van der Waals surface area (Å²) in [5.74, 6) is 0. The maximum absolute atomic E-state index is 5.66. The Morgan fingerprint density at radius 3 is 2.67 bits per heavy atom. The lowest BCUT2D eigenvalue weighted by Crippen LogP contribution is -1.64. The van der Waals surface area contributed by atoms with Gasteiger partial charge in [-0.1, -0.05) is 29.8 Å². The molecule has 0 saturated carbocycles. The summed E-state index contributed by atoms with van der Waals surface area (Å²) in [6, 6.07) is 7.44. The van der Waals surface area contributed by atoms with Gasteiger partial charge in [0.15, 0.2) is 0 Å². The average Bonchev–Trinajstić information content (AvgIpc) is 1.88. The number of benzene rings is 1. The second kappa shape index (κ2) is 2.74. The van der Waals surface area contributed by atoms with Crippen LogP contribution in [0, 0.1) is 0 Å². The molecule has 1 aromatic carbocycles. The summed E-state index contributed by atoms with van der Waals surface area (Å²) in [5, 5.41) is 4.68. The molecule has 1 nitrogen and oxygen atoms in total. The van der Waals surface area contributed by atoms with E-state index in [9.17, 15) is 0 Å². The zero-order valence-corrected chi connectivity index (χ0v) is 5.89. The van der Waals surface area contributed by atoms with Crippen molar-refractivity contribution in [1.82, 2.24) is 0 Å². The number of hydrogen-bond donors (Lipinski definition) is 0. The first-order chi connectivity index (χ1) is 4.33. The quantitative estimate of drug-likeness (QED) is 0.570. The molecule has 0 aliphatic rings. The Bertz CT molecular complexity index is 198. The van der Waals surface area contributed by atoms with Gasteiger partial charge in [0.05, 0.1) is 0 Å². The molecule has 2 heteroatoms. The Balaban J connectivity index is 2.94. The van der Waals surface area contributed by atoms with E-state index < -0.39 is 0 Å². The maximum Gasteiger partial charge on any atom is 0.0393 e. The molecule has 9 heavy (non-hydrogen) atoms. The number of halogens is 1. The fourth-order valence-corrected chi connectivity index (χ4v) is 0.800. The van der Waals surface area contributed by atoms with Crippen LogP contribution >= 0.6 is 11.6 Å². The summed E-state index contributed by atoms with van der Waals surface area (Å²) in [6.45, 7) is 0. The van der Waals surface area contributed by atoms with Crippen molar-refractivity contribution in [2.45, 2.75) is 0 Å². The van der Waals surface area contributed by atoms with Crippen molar-refractivity contribution in [3.63, 3.8) is 0 Å². The summed E-state index contributed by atoms with van der Waals surface area (Å²) in [7, 11) is 1.74. The van der Waals surface area contributed by atoms with E-state index in [4.69, 9.17) is 11.6 Å². The van der Waals surface area contributed by atoms with Gasteiger partial charge in [0, 0.05) is 5.02 Å². The molecule has 0 saturated heterocycles. The van der Waals surface area contributed by atoms with Crippen LogP contribution in [0.4, 0.5) is 5.69 Å². The smallest absolute Gasteiger partial charge is 0.0393 e. The fourth-order valence-electron chi connectivity index (χ4n) is 0.615. The third kappa shape index (κ3) is 1.61. The van der Waals surface area contributed by atoms with Gasteiger partial charge in [0.1, 0.15) is 0 Å². The Labute approximate surface area is 59.6 Å². The van der Waals surface area contributed by atoms with Crippen LogP contribution in [0.1, 0.15) is 0 Å². The SMILES string of the molecule is C[N-]c1cccc(Cl)c1. The summed E-state index contributed by atoms with van der Waals surface area (Å²) < 4.78 is 0. The molecule has 48 valence electrons. The third-order valence-corrected chi connectivity index (χ3v) is 1.30. The van der Waals surface area contributed by atoms with Gasteiger partial charge in [0.2, 0.25) is 0 Å². The van der Waals surface area contributed by atoms with Gasteiger partial charge in [-0.05, 0) is 6.07 Å². The lowest BCUT2D eigenvalue weighted by molar-refractivity contribution is 1.62. The first-order valence-corrected chi connectivity index (χ1v) is 3.06. The van der Waals surface area contributed by atoms with E-state index in [-0.39, 0.29) is 0 Å². The first-order valence-electron chi connectivity index (χ1n) is 2.68. The zero-order chi connectivity index (χ0) is 6.69. The van der Waals surface area contributed by atoms with Crippen molar-refractivity contribution in [1.29, 1.82) is 0 Å². The largest absolute Gasteiger partial charge is 0.687 e. The van der Waals surface area contributed by atoms with E-state index in [1.165, 1.54) is 0 Å². The van der Waals surface area contributed by atoms with Crippen LogP contribution in [0.5, 0.6) is 0 Å². The topological polar surface area (TPSA) is 14.1 Å². The van der Waals surface area contributed by atoms with Crippen LogP contribution < -0.4 is 0 Å². The molecule has 0 fully saturated rings. The van der Waals surface area contributed by atoms with E-state index in [1.807, 2.05) is 24.3 Å². The lowest BCUT2D eigenvalue weighted by atomic mass is 10.3. The summed E-state index contributed by atoms with van der Waals surface area (Å²) in [6.07, 6.45) is 0. The van der Waals surface area contributed by atoms with E-state index in [0.717, 1.165) is 10.7 Å². The molecule has 0 amide bonds. The van der Waals surface area contributed by atoms with Crippen molar-refractivity contribution in [2.24, 2.45) is 0 Å². The zero-order valence-electron chi connectivity index (χ0n) is 5.13. The average molecular weight is 141 g/mol. The van der Waals surface area contributed by atoms with Gasteiger partial charge in [-0.25, -0.2) is 0 Å². The van der Waals surface area contributed by atoms with Crippen molar-refractivity contribution >= 4 is 17.3 Å². The Kier molecular flexibility index (Phi) is 1.96. The minimum Gasteiger partial charge on any atom is -0.687 e. The second-order valence-corrected chi connectivity index (χ2v) is 2.14. The summed E-state index contributed by atoms with van der Waals surface area (Å²) >= 11 is 5.66. The Hall–Kier alpha value is -0.690. The van der Waals surface area contributed by atoms with Crippen LogP contribution in [-0.4, -0.2) is 7.05 Å². The van der Waals surface area contributed by atoms with E-state index in [2.05, 4.69) is 5.32 Å². The first kappa shape index (κ1) is 6.43.